The molecule has 27 heavy (non-hydrogen) atoms. The maximum absolute atomic E-state index is 14.1. The summed E-state index contributed by atoms with van der Waals surface area (Å²) in [7, 11) is 3.61. The SMILES string of the molecule is COc1ccc(/C(C)=C/n2c3c(c4cc(Cl)ccc42)CCN(C)C3)cc1F. The highest BCUT2D eigenvalue weighted by Crippen LogP contribution is 2.34. The molecule has 0 bridgehead atoms. The summed E-state index contributed by atoms with van der Waals surface area (Å²) in [5.41, 5.74) is 5.58. The molecule has 0 radical (unpaired) electrons. The molecular weight excluding hydrogens is 363 g/mol. The molecule has 0 spiro atoms. The van der Waals surface area contributed by atoms with Gasteiger partial charge in [0.1, 0.15) is 0 Å². The molecule has 4 rings (SSSR count). The van der Waals surface area contributed by atoms with Crippen molar-refractivity contribution in [3.8, 4) is 5.75 Å². The van der Waals surface area contributed by atoms with Crippen LogP contribution in [0, 0.1) is 5.82 Å². The van der Waals surface area contributed by atoms with Gasteiger partial charge in [-0.15, -0.1) is 0 Å². The van der Waals surface area contributed by atoms with Crippen LogP contribution in [0.25, 0.3) is 22.7 Å². The lowest BCUT2D eigenvalue weighted by atomic mass is 10.0. The number of halogens is 2. The minimum atomic E-state index is -0.353. The third-order valence-corrected chi connectivity index (χ3v) is 5.51. The van der Waals surface area contributed by atoms with Gasteiger partial charge in [-0.3, -0.25) is 0 Å². The predicted octanol–water partition coefficient (Wildman–Crippen LogP) is 5.45. The van der Waals surface area contributed by atoms with Crippen LogP contribution in [-0.2, 0) is 13.0 Å². The van der Waals surface area contributed by atoms with E-state index in [1.54, 1.807) is 6.07 Å². The van der Waals surface area contributed by atoms with Gasteiger partial charge in [-0.1, -0.05) is 17.7 Å². The number of likely N-dealkylation sites (N-methyl/N-ethyl adjacent to an activating group) is 1. The molecule has 1 aromatic heterocycles. The lowest BCUT2D eigenvalue weighted by Gasteiger charge is -2.24. The second kappa shape index (κ2) is 7.02. The van der Waals surface area contributed by atoms with Crippen molar-refractivity contribution in [2.45, 2.75) is 19.9 Å². The minimum absolute atomic E-state index is 0.256. The Morgan fingerprint density at radius 1 is 1.22 bits per heavy atom. The standard InChI is InChI=1S/C22H22ClFN2O/c1-14(15-4-7-22(27-3)19(24)10-15)12-26-20-6-5-16(23)11-18(20)17-8-9-25(2)13-21(17)26/h4-7,10-12H,8-9,13H2,1-3H3/b14-12+. The molecular formula is C22H22ClFN2O. The van der Waals surface area contributed by atoms with E-state index in [1.807, 2.05) is 25.1 Å². The Morgan fingerprint density at radius 2 is 2.04 bits per heavy atom. The Kier molecular flexibility index (Phi) is 4.70. The molecule has 0 N–H and O–H groups in total. The highest BCUT2D eigenvalue weighted by molar-refractivity contribution is 6.31. The molecule has 0 atom stereocenters. The van der Waals surface area contributed by atoms with E-state index in [2.05, 4.69) is 28.8 Å². The number of allylic oxidation sites excluding steroid dienone is 1. The molecule has 0 fully saturated rings. The number of hydrogen-bond acceptors (Lipinski definition) is 2. The van der Waals surface area contributed by atoms with Gasteiger partial charge in [0.15, 0.2) is 11.6 Å². The smallest absolute Gasteiger partial charge is 0.165 e. The highest BCUT2D eigenvalue weighted by Gasteiger charge is 2.22. The Labute approximate surface area is 163 Å². The maximum atomic E-state index is 14.1. The third-order valence-electron chi connectivity index (χ3n) is 5.28. The lowest BCUT2D eigenvalue weighted by Crippen LogP contribution is -2.27. The van der Waals surface area contributed by atoms with Crippen LogP contribution in [0.4, 0.5) is 4.39 Å². The summed E-state index contributed by atoms with van der Waals surface area (Å²) in [6.45, 7) is 3.91. The number of aromatic nitrogens is 1. The number of hydrogen-bond donors (Lipinski definition) is 0. The minimum Gasteiger partial charge on any atom is -0.494 e. The van der Waals surface area contributed by atoms with Crippen LogP contribution < -0.4 is 4.74 Å². The van der Waals surface area contributed by atoms with Crippen LogP contribution in [-0.4, -0.2) is 30.2 Å². The van der Waals surface area contributed by atoms with Crippen molar-refractivity contribution in [1.29, 1.82) is 0 Å². The normalized spacial score (nSPS) is 15.2. The zero-order valence-corrected chi connectivity index (χ0v) is 16.5. The molecule has 0 amide bonds. The summed E-state index contributed by atoms with van der Waals surface area (Å²) in [6.07, 6.45) is 3.09. The fraction of sp³-hybridized carbons (Fsp3) is 0.273. The van der Waals surface area contributed by atoms with Gasteiger partial charge < -0.3 is 14.2 Å². The molecule has 0 unspecified atom stereocenters. The highest BCUT2D eigenvalue weighted by atomic mass is 35.5. The summed E-state index contributed by atoms with van der Waals surface area (Å²) >= 11 is 6.26. The van der Waals surface area contributed by atoms with Gasteiger partial charge in [-0.05, 0) is 67.4 Å². The first-order valence-corrected chi connectivity index (χ1v) is 9.38. The average molecular weight is 385 g/mol. The third kappa shape index (κ3) is 3.24. The van der Waals surface area contributed by atoms with Crippen LogP contribution >= 0.6 is 11.6 Å². The summed E-state index contributed by atoms with van der Waals surface area (Å²) in [5.74, 6) is -0.0970. The summed E-state index contributed by atoms with van der Waals surface area (Å²) < 4.78 is 21.4. The van der Waals surface area contributed by atoms with Gasteiger partial charge in [-0.2, -0.15) is 0 Å². The van der Waals surface area contributed by atoms with Crippen molar-refractivity contribution in [2.75, 3.05) is 20.7 Å². The zero-order valence-electron chi connectivity index (χ0n) is 15.7. The molecule has 0 saturated carbocycles. The van der Waals surface area contributed by atoms with Crippen molar-refractivity contribution >= 4 is 34.3 Å². The number of benzene rings is 2. The molecule has 0 aliphatic carbocycles. The van der Waals surface area contributed by atoms with Crippen LogP contribution in [0.1, 0.15) is 23.7 Å². The topological polar surface area (TPSA) is 17.4 Å². The van der Waals surface area contributed by atoms with Gasteiger partial charge in [-0.25, -0.2) is 4.39 Å². The first-order valence-electron chi connectivity index (χ1n) is 9.00. The largest absolute Gasteiger partial charge is 0.494 e. The fourth-order valence-electron chi connectivity index (χ4n) is 3.82. The average Bonchev–Trinajstić information content (AvgIpc) is 2.94. The van der Waals surface area contributed by atoms with Crippen molar-refractivity contribution in [3.63, 3.8) is 0 Å². The monoisotopic (exact) mass is 384 g/mol. The van der Waals surface area contributed by atoms with E-state index in [9.17, 15) is 4.39 Å². The van der Waals surface area contributed by atoms with E-state index in [0.717, 1.165) is 41.2 Å². The van der Waals surface area contributed by atoms with Gasteiger partial charge in [0, 0.05) is 35.4 Å². The molecule has 3 nitrogen and oxygen atoms in total. The molecule has 0 saturated heterocycles. The molecule has 2 aromatic carbocycles. The lowest BCUT2D eigenvalue weighted by molar-refractivity contribution is 0.308. The number of rotatable bonds is 3. The molecule has 1 aliphatic rings. The van der Waals surface area contributed by atoms with E-state index in [0.29, 0.717) is 0 Å². The summed E-state index contributed by atoms with van der Waals surface area (Å²) in [6, 6.07) is 11.1. The van der Waals surface area contributed by atoms with E-state index in [4.69, 9.17) is 16.3 Å². The van der Waals surface area contributed by atoms with Crippen LogP contribution in [0.3, 0.4) is 0 Å². The summed E-state index contributed by atoms with van der Waals surface area (Å²) in [5, 5.41) is 1.95. The fourth-order valence-corrected chi connectivity index (χ4v) is 3.99. The maximum Gasteiger partial charge on any atom is 0.165 e. The zero-order chi connectivity index (χ0) is 19.1. The number of methoxy groups -OCH3 is 1. The van der Waals surface area contributed by atoms with E-state index in [1.165, 1.54) is 29.8 Å². The Hall–Kier alpha value is -2.30. The van der Waals surface area contributed by atoms with Gasteiger partial charge in [0.2, 0.25) is 0 Å². The molecule has 1 aliphatic heterocycles. The second-order valence-corrected chi connectivity index (χ2v) is 7.54. The van der Waals surface area contributed by atoms with E-state index in [-0.39, 0.29) is 11.6 Å². The Morgan fingerprint density at radius 3 is 2.78 bits per heavy atom. The van der Waals surface area contributed by atoms with Crippen molar-refractivity contribution in [1.82, 2.24) is 9.47 Å². The molecule has 140 valence electrons. The second-order valence-electron chi connectivity index (χ2n) is 7.11. The molecule has 5 heteroatoms. The van der Waals surface area contributed by atoms with Crippen molar-refractivity contribution < 1.29 is 9.13 Å². The van der Waals surface area contributed by atoms with Gasteiger partial charge in [0.05, 0.1) is 12.6 Å². The molecule has 2 heterocycles. The first-order chi connectivity index (χ1) is 13.0. The number of fused-ring (bicyclic) bond motifs is 3. The van der Waals surface area contributed by atoms with Crippen molar-refractivity contribution in [3.05, 3.63) is 64.1 Å². The Balaban J connectivity index is 1.87. The predicted molar refractivity (Wildman–Crippen MR) is 110 cm³/mol. The van der Waals surface area contributed by atoms with Gasteiger partial charge in [0.25, 0.3) is 0 Å². The van der Waals surface area contributed by atoms with Crippen LogP contribution in [0.5, 0.6) is 5.75 Å². The van der Waals surface area contributed by atoms with Crippen LogP contribution in [0.2, 0.25) is 5.02 Å². The number of nitrogens with zero attached hydrogens (tertiary/aromatic N) is 2. The van der Waals surface area contributed by atoms with E-state index < -0.39 is 0 Å². The van der Waals surface area contributed by atoms with Crippen molar-refractivity contribution in [2.24, 2.45) is 0 Å². The van der Waals surface area contributed by atoms with Crippen LogP contribution in [0.15, 0.2) is 36.4 Å². The van der Waals surface area contributed by atoms with Gasteiger partial charge >= 0.3 is 0 Å². The molecule has 3 aromatic rings. The Bertz CT molecular complexity index is 1050. The van der Waals surface area contributed by atoms with E-state index >= 15 is 0 Å². The summed E-state index contributed by atoms with van der Waals surface area (Å²) in [4.78, 5) is 2.32. The quantitative estimate of drug-likeness (QED) is 0.597. The number of ether oxygens (including phenoxy) is 1. The first kappa shape index (κ1) is 18.1.